The van der Waals surface area contributed by atoms with Crippen LogP contribution < -0.4 is 5.32 Å². The molecule has 0 spiro atoms. The number of aromatic nitrogens is 2. The van der Waals surface area contributed by atoms with Crippen molar-refractivity contribution >= 4 is 52.4 Å². The fourth-order valence-corrected chi connectivity index (χ4v) is 3.71. The van der Waals surface area contributed by atoms with Crippen molar-refractivity contribution in [2.24, 2.45) is 0 Å². The molecule has 22 heavy (non-hydrogen) atoms. The van der Waals surface area contributed by atoms with Gasteiger partial charge in [0.1, 0.15) is 0 Å². The van der Waals surface area contributed by atoms with Gasteiger partial charge in [0.05, 0.1) is 18.4 Å². The van der Waals surface area contributed by atoms with Gasteiger partial charge >= 0.3 is 5.97 Å². The van der Waals surface area contributed by atoms with Crippen LogP contribution in [0.15, 0.2) is 32.9 Å². The first-order valence-corrected chi connectivity index (χ1v) is 9.13. The highest BCUT2D eigenvalue weighted by Gasteiger charge is 2.09. The van der Waals surface area contributed by atoms with Gasteiger partial charge in [-0.1, -0.05) is 34.9 Å². The van der Waals surface area contributed by atoms with Crippen molar-refractivity contribution in [2.45, 2.75) is 8.68 Å². The normalized spacial score (nSPS) is 10.3. The number of hydrogen-bond donors (Lipinski definition) is 1. The Morgan fingerprint density at radius 3 is 2.50 bits per heavy atom. The van der Waals surface area contributed by atoms with Gasteiger partial charge in [0.25, 0.3) is 0 Å². The van der Waals surface area contributed by atoms with Crippen LogP contribution in [0.2, 0.25) is 0 Å². The second kappa shape index (κ2) is 8.16. The Labute approximate surface area is 140 Å². The number of carbonyl (C=O) groups is 2. The van der Waals surface area contributed by atoms with Crippen LogP contribution in [-0.4, -0.2) is 41.2 Å². The second-order valence-electron chi connectivity index (χ2n) is 3.94. The SMILES string of the molecule is COC(=O)c1ccc(NC(=O)CSc2nnc(SC)s2)cc1. The molecule has 1 heterocycles. The molecule has 0 bridgehead atoms. The molecule has 1 aromatic heterocycles. The van der Waals surface area contributed by atoms with Gasteiger partial charge in [0.15, 0.2) is 8.68 Å². The number of carbonyl (C=O) groups excluding carboxylic acids is 2. The lowest BCUT2D eigenvalue weighted by atomic mass is 10.2. The van der Waals surface area contributed by atoms with Crippen LogP contribution in [-0.2, 0) is 9.53 Å². The van der Waals surface area contributed by atoms with E-state index in [0.29, 0.717) is 11.3 Å². The quantitative estimate of drug-likeness (QED) is 0.630. The summed E-state index contributed by atoms with van der Waals surface area (Å²) >= 11 is 4.33. The van der Waals surface area contributed by atoms with Gasteiger partial charge in [-0.05, 0) is 30.5 Å². The molecule has 0 atom stereocenters. The lowest BCUT2D eigenvalue weighted by Crippen LogP contribution is -2.14. The van der Waals surface area contributed by atoms with E-state index in [0.717, 1.165) is 8.68 Å². The molecule has 0 aliphatic carbocycles. The third-order valence-corrected chi connectivity index (χ3v) is 5.51. The number of thioether (sulfide) groups is 2. The summed E-state index contributed by atoms with van der Waals surface area (Å²) in [6.45, 7) is 0. The molecule has 116 valence electrons. The Kier molecular flexibility index (Phi) is 6.22. The van der Waals surface area contributed by atoms with Crippen molar-refractivity contribution in [1.29, 1.82) is 0 Å². The molecular weight excluding hydrogens is 342 g/mol. The van der Waals surface area contributed by atoms with Crippen molar-refractivity contribution in [3.05, 3.63) is 29.8 Å². The smallest absolute Gasteiger partial charge is 0.337 e. The van der Waals surface area contributed by atoms with E-state index in [-0.39, 0.29) is 11.7 Å². The van der Waals surface area contributed by atoms with Crippen molar-refractivity contribution in [3.8, 4) is 0 Å². The number of rotatable bonds is 6. The van der Waals surface area contributed by atoms with Crippen LogP contribution in [0, 0.1) is 0 Å². The highest BCUT2D eigenvalue weighted by Crippen LogP contribution is 2.27. The number of methoxy groups -OCH3 is 1. The van der Waals surface area contributed by atoms with E-state index in [1.807, 2.05) is 6.26 Å². The third-order valence-electron chi connectivity index (χ3n) is 2.48. The molecule has 0 aliphatic rings. The van der Waals surface area contributed by atoms with Crippen LogP contribution in [0.3, 0.4) is 0 Å². The zero-order valence-corrected chi connectivity index (χ0v) is 14.3. The van der Waals surface area contributed by atoms with E-state index >= 15 is 0 Å². The molecule has 0 fully saturated rings. The number of anilines is 1. The molecular formula is C13H13N3O3S3. The molecule has 2 rings (SSSR count). The maximum atomic E-state index is 11.9. The molecule has 1 aromatic carbocycles. The van der Waals surface area contributed by atoms with Gasteiger partial charge in [0, 0.05) is 5.69 Å². The fourth-order valence-electron chi connectivity index (χ4n) is 1.47. The molecule has 9 heteroatoms. The molecule has 6 nitrogen and oxygen atoms in total. The van der Waals surface area contributed by atoms with E-state index in [1.165, 1.54) is 42.0 Å². The van der Waals surface area contributed by atoms with Crippen molar-refractivity contribution in [2.75, 3.05) is 24.4 Å². The zero-order chi connectivity index (χ0) is 15.9. The molecule has 2 aromatic rings. The second-order valence-corrected chi connectivity index (χ2v) is 7.20. The number of hydrogen-bond acceptors (Lipinski definition) is 8. The van der Waals surface area contributed by atoms with Gasteiger partial charge < -0.3 is 10.1 Å². The first kappa shape index (κ1) is 16.8. The van der Waals surface area contributed by atoms with Crippen molar-refractivity contribution in [1.82, 2.24) is 10.2 Å². The highest BCUT2D eigenvalue weighted by atomic mass is 32.2. The summed E-state index contributed by atoms with van der Waals surface area (Å²) in [6.07, 6.45) is 1.93. The maximum absolute atomic E-state index is 11.9. The topological polar surface area (TPSA) is 81.2 Å². The number of esters is 1. The summed E-state index contributed by atoms with van der Waals surface area (Å²) in [4.78, 5) is 23.2. The standard InChI is InChI=1S/C13H13N3O3S3/c1-19-11(18)8-3-5-9(6-4-8)14-10(17)7-21-13-16-15-12(20-2)22-13/h3-6H,7H2,1-2H3,(H,14,17). The predicted octanol–water partition coefficient (Wildman–Crippen LogP) is 2.78. The summed E-state index contributed by atoms with van der Waals surface area (Å²) in [5, 5.41) is 10.7. The van der Waals surface area contributed by atoms with Gasteiger partial charge in [-0.25, -0.2) is 4.79 Å². The average molecular weight is 355 g/mol. The lowest BCUT2D eigenvalue weighted by molar-refractivity contribution is -0.113. The largest absolute Gasteiger partial charge is 0.465 e. The summed E-state index contributed by atoms with van der Waals surface area (Å²) < 4.78 is 6.25. The summed E-state index contributed by atoms with van der Waals surface area (Å²) in [7, 11) is 1.32. The van der Waals surface area contributed by atoms with Gasteiger partial charge in [-0.2, -0.15) is 0 Å². The van der Waals surface area contributed by atoms with E-state index in [2.05, 4.69) is 20.3 Å². The van der Waals surface area contributed by atoms with Crippen LogP contribution in [0.1, 0.15) is 10.4 Å². The summed E-state index contributed by atoms with van der Waals surface area (Å²) in [5.41, 5.74) is 1.06. The minimum Gasteiger partial charge on any atom is -0.465 e. The number of benzene rings is 1. The lowest BCUT2D eigenvalue weighted by Gasteiger charge is -2.05. The van der Waals surface area contributed by atoms with Crippen LogP contribution in [0.5, 0.6) is 0 Å². The minimum absolute atomic E-state index is 0.142. The Morgan fingerprint density at radius 2 is 1.91 bits per heavy atom. The van der Waals surface area contributed by atoms with Gasteiger partial charge in [0.2, 0.25) is 5.91 Å². The fraction of sp³-hybridized carbons (Fsp3) is 0.231. The maximum Gasteiger partial charge on any atom is 0.337 e. The molecule has 0 aliphatic heterocycles. The Balaban J connectivity index is 1.85. The number of ether oxygens (including phenoxy) is 1. The van der Waals surface area contributed by atoms with Gasteiger partial charge in [-0.3, -0.25) is 4.79 Å². The Hall–Kier alpha value is -1.58. The minimum atomic E-state index is -0.408. The van der Waals surface area contributed by atoms with E-state index in [1.54, 1.807) is 24.3 Å². The first-order valence-electron chi connectivity index (χ1n) is 6.11. The molecule has 0 radical (unpaired) electrons. The summed E-state index contributed by atoms with van der Waals surface area (Å²) in [5.74, 6) is -0.298. The van der Waals surface area contributed by atoms with Crippen molar-refractivity contribution in [3.63, 3.8) is 0 Å². The zero-order valence-electron chi connectivity index (χ0n) is 11.9. The molecule has 0 unspecified atom stereocenters. The van der Waals surface area contributed by atoms with Gasteiger partial charge in [-0.15, -0.1) is 10.2 Å². The van der Waals surface area contributed by atoms with Crippen LogP contribution in [0.4, 0.5) is 5.69 Å². The number of nitrogens with one attached hydrogen (secondary N) is 1. The average Bonchev–Trinajstić information content (AvgIpc) is 3.01. The molecule has 1 N–H and O–H groups in total. The monoisotopic (exact) mass is 355 g/mol. The Morgan fingerprint density at radius 1 is 1.23 bits per heavy atom. The van der Waals surface area contributed by atoms with Crippen LogP contribution in [0.25, 0.3) is 0 Å². The Bertz CT molecular complexity index is 658. The van der Waals surface area contributed by atoms with E-state index < -0.39 is 5.97 Å². The van der Waals surface area contributed by atoms with E-state index in [4.69, 9.17) is 0 Å². The van der Waals surface area contributed by atoms with Crippen LogP contribution >= 0.6 is 34.9 Å². The van der Waals surface area contributed by atoms with Crippen molar-refractivity contribution < 1.29 is 14.3 Å². The molecule has 1 amide bonds. The summed E-state index contributed by atoms with van der Waals surface area (Å²) in [6, 6.07) is 6.52. The number of amides is 1. The molecule has 0 saturated carbocycles. The number of nitrogens with zero attached hydrogens (tertiary/aromatic N) is 2. The van der Waals surface area contributed by atoms with E-state index in [9.17, 15) is 9.59 Å². The first-order chi connectivity index (χ1) is 10.6. The predicted molar refractivity (Wildman–Crippen MR) is 88.8 cm³/mol. The molecule has 0 saturated heterocycles. The highest BCUT2D eigenvalue weighted by molar-refractivity contribution is 8.03. The third kappa shape index (κ3) is 4.72.